The van der Waals surface area contributed by atoms with Crippen LogP contribution >= 0.6 is 22.9 Å². The molecule has 0 saturated heterocycles. The van der Waals surface area contributed by atoms with Crippen LogP contribution in [0.2, 0.25) is 0 Å². The zero-order valence-corrected chi connectivity index (χ0v) is 14.5. The van der Waals surface area contributed by atoms with E-state index in [1.165, 1.54) is 11.1 Å². The summed E-state index contributed by atoms with van der Waals surface area (Å²) in [5.41, 5.74) is 3.48. The van der Waals surface area contributed by atoms with Gasteiger partial charge in [-0.3, -0.25) is 4.90 Å². The van der Waals surface area contributed by atoms with Crippen molar-refractivity contribution in [3.05, 3.63) is 40.9 Å². The molecule has 114 valence electrons. The number of thiazole rings is 1. The van der Waals surface area contributed by atoms with Gasteiger partial charge in [0.2, 0.25) is 0 Å². The predicted molar refractivity (Wildman–Crippen MR) is 92.9 cm³/mol. The summed E-state index contributed by atoms with van der Waals surface area (Å²) >= 11 is 7.46. The lowest BCUT2D eigenvalue weighted by Gasteiger charge is -2.22. The van der Waals surface area contributed by atoms with Gasteiger partial charge in [0.25, 0.3) is 0 Å². The van der Waals surface area contributed by atoms with Crippen LogP contribution in [0, 0.1) is 5.92 Å². The summed E-state index contributed by atoms with van der Waals surface area (Å²) in [6, 6.07) is 8.74. The molecule has 2 aromatic rings. The second kappa shape index (κ2) is 7.92. The van der Waals surface area contributed by atoms with Crippen LogP contribution in [-0.4, -0.2) is 23.0 Å². The molecule has 0 aliphatic carbocycles. The Labute approximate surface area is 136 Å². The fourth-order valence-electron chi connectivity index (χ4n) is 2.33. The first-order valence-electron chi connectivity index (χ1n) is 7.44. The molecular formula is C17H23ClN2S. The van der Waals surface area contributed by atoms with E-state index in [0.29, 0.717) is 11.8 Å². The smallest absolute Gasteiger partial charge is 0.123 e. The quantitative estimate of drug-likeness (QED) is 0.665. The summed E-state index contributed by atoms with van der Waals surface area (Å²) < 4.78 is 0. The molecule has 0 atom stereocenters. The van der Waals surface area contributed by atoms with E-state index in [2.05, 4.69) is 54.9 Å². The number of nitrogens with zero attached hydrogens (tertiary/aromatic N) is 2. The standard InChI is InChI=1S/C17H23ClN2S/c1-4-20(10-13(2)3)11-14-5-7-15(8-6-14)17-19-16(9-18)12-21-17/h5-8,12-13H,4,9-11H2,1-3H3. The third-order valence-electron chi connectivity index (χ3n) is 3.37. The monoisotopic (exact) mass is 322 g/mol. The molecule has 1 aromatic carbocycles. The summed E-state index contributed by atoms with van der Waals surface area (Å²) in [5, 5.41) is 3.07. The fourth-order valence-corrected chi connectivity index (χ4v) is 3.39. The van der Waals surface area contributed by atoms with E-state index >= 15 is 0 Å². The molecule has 1 heterocycles. The lowest BCUT2D eigenvalue weighted by Crippen LogP contribution is -2.26. The van der Waals surface area contributed by atoms with Gasteiger partial charge in [0.15, 0.2) is 0 Å². The van der Waals surface area contributed by atoms with Crippen molar-refractivity contribution < 1.29 is 0 Å². The normalized spacial score (nSPS) is 11.5. The molecule has 4 heteroatoms. The topological polar surface area (TPSA) is 16.1 Å². The molecule has 0 aliphatic heterocycles. The van der Waals surface area contributed by atoms with Crippen molar-refractivity contribution in [2.75, 3.05) is 13.1 Å². The van der Waals surface area contributed by atoms with Crippen LogP contribution in [0.3, 0.4) is 0 Å². The van der Waals surface area contributed by atoms with Crippen molar-refractivity contribution in [2.45, 2.75) is 33.2 Å². The number of halogens is 1. The van der Waals surface area contributed by atoms with Gasteiger partial charge in [-0.15, -0.1) is 22.9 Å². The maximum atomic E-state index is 5.81. The maximum Gasteiger partial charge on any atom is 0.123 e. The first-order chi connectivity index (χ1) is 10.1. The Balaban J connectivity index is 2.04. The Morgan fingerprint density at radius 1 is 1.24 bits per heavy atom. The van der Waals surface area contributed by atoms with Crippen LogP contribution in [-0.2, 0) is 12.4 Å². The lowest BCUT2D eigenvalue weighted by atomic mass is 10.1. The van der Waals surface area contributed by atoms with Crippen LogP contribution in [0.1, 0.15) is 32.0 Å². The van der Waals surface area contributed by atoms with Gasteiger partial charge < -0.3 is 0 Å². The molecule has 0 aliphatic rings. The second-order valence-electron chi connectivity index (χ2n) is 5.70. The zero-order valence-electron chi connectivity index (χ0n) is 13.0. The van der Waals surface area contributed by atoms with Crippen molar-refractivity contribution in [2.24, 2.45) is 5.92 Å². The van der Waals surface area contributed by atoms with Crippen LogP contribution < -0.4 is 0 Å². The van der Waals surface area contributed by atoms with E-state index in [4.69, 9.17) is 11.6 Å². The van der Waals surface area contributed by atoms with E-state index in [1.54, 1.807) is 11.3 Å². The van der Waals surface area contributed by atoms with Gasteiger partial charge in [0.1, 0.15) is 5.01 Å². The highest BCUT2D eigenvalue weighted by Crippen LogP contribution is 2.25. The van der Waals surface area contributed by atoms with Crippen LogP contribution in [0.5, 0.6) is 0 Å². The zero-order chi connectivity index (χ0) is 15.2. The Morgan fingerprint density at radius 2 is 1.95 bits per heavy atom. The maximum absolute atomic E-state index is 5.81. The number of aromatic nitrogens is 1. The van der Waals surface area contributed by atoms with E-state index in [9.17, 15) is 0 Å². The first-order valence-corrected chi connectivity index (χ1v) is 8.85. The fraction of sp³-hybridized carbons (Fsp3) is 0.471. The van der Waals surface area contributed by atoms with Gasteiger partial charge in [-0.25, -0.2) is 4.98 Å². The molecule has 0 spiro atoms. The molecule has 0 N–H and O–H groups in total. The summed E-state index contributed by atoms with van der Waals surface area (Å²) in [6.45, 7) is 10.0. The lowest BCUT2D eigenvalue weighted by molar-refractivity contribution is 0.248. The van der Waals surface area contributed by atoms with Crippen molar-refractivity contribution in [3.63, 3.8) is 0 Å². The highest BCUT2D eigenvalue weighted by molar-refractivity contribution is 7.13. The van der Waals surface area contributed by atoms with E-state index in [-0.39, 0.29) is 0 Å². The highest BCUT2D eigenvalue weighted by atomic mass is 35.5. The van der Waals surface area contributed by atoms with Crippen LogP contribution in [0.4, 0.5) is 0 Å². The van der Waals surface area contributed by atoms with Gasteiger partial charge >= 0.3 is 0 Å². The van der Waals surface area contributed by atoms with Crippen LogP contribution in [0.25, 0.3) is 10.6 Å². The minimum Gasteiger partial charge on any atom is -0.299 e. The van der Waals surface area contributed by atoms with Gasteiger partial charge in [-0.05, 0) is 18.0 Å². The van der Waals surface area contributed by atoms with Crippen molar-refractivity contribution >= 4 is 22.9 Å². The average Bonchev–Trinajstić information content (AvgIpc) is 2.96. The van der Waals surface area contributed by atoms with Crippen molar-refractivity contribution in [1.29, 1.82) is 0 Å². The molecular weight excluding hydrogens is 300 g/mol. The second-order valence-corrected chi connectivity index (χ2v) is 6.82. The Bertz CT molecular complexity index is 548. The van der Waals surface area contributed by atoms with Gasteiger partial charge in [0, 0.05) is 24.0 Å². The van der Waals surface area contributed by atoms with Crippen molar-refractivity contribution in [1.82, 2.24) is 9.88 Å². The molecule has 0 fully saturated rings. The van der Waals surface area contributed by atoms with Gasteiger partial charge in [-0.2, -0.15) is 0 Å². The minimum atomic E-state index is 0.481. The van der Waals surface area contributed by atoms with Gasteiger partial charge in [0.05, 0.1) is 11.6 Å². The van der Waals surface area contributed by atoms with E-state index in [1.807, 2.05) is 5.38 Å². The van der Waals surface area contributed by atoms with Gasteiger partial charge in [-0.1, -0.05) is 45.0 Å². The molecule has 1 aromatic heterocycles. The third-order valence-corrected chi connectivity index (χ3v) is 4.58. The molecule has 0 unspecified atom stereocenters. The predicted octanol–water partition coefficient (Wildman–Crippen LogP) is 5.03. The summed E-state index contributed by atoms with van der Waals surface area (Å²) in [7, 11) is 0. The highest BCUT2D eigenvalue weighted by Gasteiger charge is 2.07. The summed E-state index contributed by atoms with van der Waals surface area (Å²) in [5.74, 6) is 1.18. The summed E-state index contributed by atoms with van der Waals surface area (Å²) in [6.07, 6.45) is 0. The number of hydrogen-bond acceptors (Lipinski definition) is 3. The van der Waals surface area contributed by atoms with Crippen molar-refractivity contribution in [3.8, 4) is 10.6 Å². The Kier molecular flexibility index (Phi) is 6.22. The van der Waals surface area contributed by atoms with E-state index in [0.717, 1.165) is 30.3 Å². The van der Waals surface area contributed by atoms with E-state index < -0.39 is 0 Å². The summed E-state index contributed by atoms with van der Waals surface area (Å²) in [4.78, 5) is 7.00. The van der Waals surface area contributed by atoms with Crippen LogP contribution in [0.15, 0.2) is 29.6 Å². The molecule has 2 nitrogen and oxygen atoms in total. The Morgan fingerprint density at radius 3 is 2.48 bits per heavy atom. The SMILES string of the molecule is CCN(Cc1ccc(-c2nc(CCl)cs2)cc1)CC(C)C. The molecule has 0 radical (unpaired) electrons. The average molecular weight is 323 g/mol. The molecule has 0 bridgehead atoms. The Hall–Kier alpha value is -0.900. The molecule has 0 amide bonds. The number of rotatable bonds is 7. The minimum absolute atomic E-state index is 0.481. The molecule has 0 saturated carbocycles. The number of benzene rings is 1. The third kappa shape index (κ3) is 4.80. The molecule has 2 rings (SSSR count). The number of hydrogen-bond donors (Lipinski definition) is 0. The largest absolute Gasteiger partial charge is 0.299 e. The molecule has 21 heavy (non-hydrogen) atoms. The first kappa shape index (κ1) is 16.5. The number of alkyl halides is 1.